The van der Waals surface area contributed by atoms with Crippen molar-refractivity contribution < 1.29 is 19.0 Å². The molecule has 3 heterocycles. The molecule has 0 radical (unpaired) electrons. The number of hydrogen-bond acceptors (Lipinski definition) is 7. The molecule has 182 valence electrons. The van der Waals surface area contributed by atoms with Gasteiger partial charge in [-0.1, -0.05) is 6.07 Å². The lowest BCUT2D eigenvalue weighted by Crippen LogP contribution is -2.44. The number of anilines is 1. The van der Waals surface area contributed by atoms with Crippen LogP contribution in [0.15, 0.2) is 75.6 Å². The van der Waals surface area contributed by atoms with Crippen molar-refractivity contribution in [1.82, 2.24) is 15.5 Å². The topological polar surface area (TPSA) is 98.2 Å². The van der Waals surface area contributed by atoms with E-state index in [-0.39, 0.29) is 18.0 Å². The van der Waals surface area contributed by atoms with Crippen molar-refractivity contribution in [3.63, 3.8) is 0 Å². The van der Waals surface area contributed by atoms with E-state index in [4.69, 9.17) is 14.8 Å². The minimum absolute atomic E-state index is 0.0456. The molecule has 9 heteroatoms. The Kier molecular flexibility index (Phi) is 6.33. The number of likely N-dealkylation sites (tertiary alicyclic amines) is 1. The molecule has 4 N–H and O–H groups in total. The van der Waals surface area contributed by atoms with Gasteiger partial charge in [-0.25, -0.2) is 9.38 Å². The molecule has 1 aromatic rings. The third kappa shape index (κ3) is 4.95. The molecule has 0 bridgehead atoms. The zero-order valence-corrected chi connectivity index (χ0v) is 19.5. The molecule has 1 atom stereocenters. The first-order valence-corrected chi connectivity index (χ1v) is 11.8. The van der Waals surface area contributed by atoms with Gasteiger partial charge in [-0.15, -0.1) is 5.73 Å². The number of piperidine rings is 1. The standard InChI is InChI=1S/C26H28FN5O3/c1-16-22(4-2-3-5-23-25(16)28-9-11-35-23)32-10-8-18-14-29-26(31-21(18)15-32)30-19-7-6-17(12-24(33)34)20(27)13-19/h3-4,6-7,13-14,21,28H,5,8-12,15H2,1H3,(H,33,34)(H2,29,30,31)/b22-16+. The lowest BCUT2D eigenvalue weighted by atomic mass is 9.96. The van der Waals surface area contributed by atoms with Crippen molar-refractivity contribution in [2.24, 2.45) is 4.99 Å². The van der Waals surface area contributed by atoms with Crippen molar-refractivity contribution in [1.29, 1.82) is 0 Å². The smallest absolute Gasteiger partial charge is 0.307 e. The van der Waals surface area contributed by atoms with Gasteiger partial charge in [0.2, 0.25) is 5.96 Å². The highest BCUT2D eigenvalue weighted by atomic mass is 19.1. The number of aliphatic imine (C=N–C) groups is 1. The number of guanidine groups is 1. The minimum atomic E-state index is -1.07. The fourth-order valence-electron chi connectivity index (χ4n) is 4.73. The molecule has 8 nitrogen and oxygen atoms in total. The molecule has 1 unspecified atom stereocenters. The van der Waals surface area contributed by atoms with E-state index in [1.165, 1.54) is 17.7 Å². The van der Waals surface area contributed by atoms with E-state index in [9.17, 15) is 9.18 Å². The third-order valence-electron chi connectivity index (χ3n) is 6.51. The molecule has 0 spiro atoms. The maximum absolute atomic E-state index is 14.3. The number of carboxylic acid groups (broad SMARTS) is 1. The number of ether oxygens (including phenoxy) is 1. The summed E-state index contributed by atoms with van der Waals surface area (Å²) in [6, 6.07) is 4.38. The van der Waals surface area contributed by atoms with Gasteiger partial charge in [0, 0.05) is 49.7 Å². The van der Waals surface area contributed by atoms with E-state index in [0.717, 1.165) is 48.7 Å². The number of benzene rings is 1. The number of nitrogens with one attached hydrogen (secondary N) is 3. The Morgan fingerprint density at radius 3 is 3.14 bits per heavy atom. The van der Waals surface area contributed by atoms with Crippen LogP contribution in [0, 0.1) is 5.82 Å². The van der Waals surface area contributed by atoms with Gasteiger partial charge in [0.25, 0.3) is 0 Å². The SMILES string of the molecule is C/C1=C(\N2CCC3=CNC(Nc4ccc(CC(=O)O)c(F)c4)=NC3C2)C=C=CCC2=C1NCCO2. The number of nitrogens with zero attached hydrogens (tertiary/aromatic N) is 2. The number of carbonyl (C=O) groups is 1. The van der Waals surface area contributed by atoms with Crippen LogP contribution < -0.4 is 16.0 Å². The van der Waals surface area contributed by atoms with Crippen LogP contribution in [0.3, 0.4) is 0 Å². The first kappa shape index (κ1) is 22.8. The van der Waals surface area contributed by atoms with Gasteiger partial charge in [-0.3, -0.25) is 4.79 Å². The second-order valence-corrected chi connectivity index (χ2v) is 8.86. The molecule has 4 aliphatic rings. The Balaban J connectivity index is 1.34. The molecule has 1 fully saturated rings. The number of fused-ring (bicyclic) bond motifs is 1. The van der Waals surface area contributed by atoms with Gasteiger partial charge in [-0.05, 0) is 48.3 Å². The predicted molar refractivity (Wildman–Crippen MR) is 131 cm³/mol. The van der Waals surface area contributed by atoms with E-state index in [2.05, 4.69) is 33.5 Å². The van der Waals surface area contributed by atoms with Crippen LogP contribution in [0.2, 0.25) is 0 Å². The highest BCUT2D eigenvalue weighted by Gasteiger charge is 2.29. The van der Waals surface area contributed by atoms with Crippen molar-refractivity contribution in [2.75, 3.05) is 31.6 Å². The molecule has 0 saturated carbocycles. The fraction of sp³-hybridized carbons (Fsp3) is 0.346. The summed E-state index contributed by atoms with van der Waals surface area (Å²) in [6.45, 7) is 5.14. The van der Waals surface area contributed by atoms with Crippen LogP contribution in [0.4, 0.5) is 10.1 Å². The first-order valence-electron chi connectivity index (χ1n) is 11.8. The third-order valence-corrected chi connectivity index (χ3v) is 6.51. The Morgan fingerprint density at radius 1 is 1.43 bits per heavy atom. The van der Waals surface area contributed by atoms with Crippen LogP contribution in [0.1, 0.15) is 25.3 Å². The van der Waals surface area contributed by atoms with Crippen molar-refractivity contribution in [3.8, 4) is 0 Å². The van der Waals surface area contributed by atoms with E-state index in [1.807, 2.05) is 18.4 Å². The lowest BCUT2D eigenvalue weighted by Gasteiger charge is -2.38. The van der Waals surface area contributed by atoms with Gasteiger partial charge in [-0.2, -0.15) is 0 Å². The number of hydrogen-bond donors (Lipinski definition) is 4. The number of aliphatic carboxylic acids is 1. The summed E-state index contributed by atoms with van der Waals surface area (Å²) in [5, 5.41) is 18.7. The summed E-state index contributed by atoms with van der Waals surface area (Å²) >= 11 is 0. The van der Waals surface area contributed by atoms with Crippen molar-refractivity contribution in [2.45, 2.75) is 32.2 Å². The van der Waals surface area contributed by atoms with Gasteiger partial charge < -0.3 is 30.7 Å². The van der Waals surface area contributed by atoms with Crippen LogP contribution >= 0.6 is 0 Å². The number of allylic oxidation sites excluding steroid dienone is 3. The number of rotatable bonds is 4. The highest BCUT2D eigenvalue weighted by Crippen LogP contribution is 2.30. The molecule has 0 amide bonds. The summed E-state index contributed by atoms with van der Waals surface area (Å²) in [5.74, 6) is -0.148. The molecule has 1 aliphatic carbocycles. The van der Waals surface area contributed by atoms with Crippen LogP contribution in [0.5, 0.6) is 0 Å². The summed E-state index contributed by atoms with van der Waals surface area (Å²) in [5.41, 5.74) is 8.46. The van der Waals surface area contributed by atoms with Crippen molar-refractivity contribution in [3.05, 3.63) is 82.0 Å². The molecule has 1 saturated heterocycles. The Hall–Kier alpha value is -3.97. The zero-order valence-electron chi connectivity index (χ0n) is 19.5. The lowest BCUT2D eigenvalue weighted by molar-refractivity contribution is -0.136. The Morgan fingerprint density at radius 2 is 2.31 bits per heavy atom. The fourth-order valence-corrected chi connectivity index (χ4v) is 4.73. The van der Waals surface area contributed by atoms with Crippen LogP contribution in [-0.2, 0) is 16.0 Å². The summed E-state index contributed by atoms with van der Waals surface area (Å²) in [6.07, 6.45) is 7.25. The summed E-state index contributed by atoms with van der Waals surface area (Å²) in [4.78, 5) is 18.1. The normalized spacial score (nSPS) is 23.5. The maximum Gasteiger partial charge on any atom is 0.307 e. The van der Waals surface area contributed by atoms with E-state index >= 15 is 0 Å². The zero-order chi connectivity index (χ0) is 24.4. The van der Waals surface area contributed by atoms with E-state index < -0.39 is 11.8 Å². The largest absolute Gasteiger partial charge is 0.494 e. The molecule has 3 aliphatic heterocycles. The van der Waals surface area contributed by atoms with Gasteiger partial charge >= 0.3 is 5.97 Å². The minimum Gasteiger partial charge on any atom is -0.494 e. The summed E-state index contributed by atoms with van der Waals surface area (Å²) in [7, 11) is 0. The Labute approximate surface area is 203 Å². The molecule has 35 heavy (non-hydrogen) atoms. The van der Waals surface area contributed by atoms with E-state index in [0.29, 0.717) is 24.8 Å². The average Bonchev–Trinajstić information content (AvgIpc) is 2.84. The maximum atomic E-state index is 14.3. The molecule has 5 rings (SSSR count). The average molecular weight is 478 g/mol. The van der Waals surface area contributed by atoms with Gasteiger partial charge in [0.15, 0.2) is 0 Å². The molecular weight excluding hydrogens is 449 g/mol. The molecular formula is C26H28FN5O3. The van der Waals surface area contributed by atoms with Crippen LogP contribution in [-0.4, -0.2) is 54.2 Å². The van der Waals surface area contributed by atoms with E-state index in [1.54, 1.807) is 6.07 Å². The van der Waals surface area contributed by atoms with Crippen molar-refractivity contribution >= 4 is 17.6 Å². The van der Waals surface area contributed by atoms with Gasteiger partial charge in [0.05, 0.1) is 18.2 Å². The quantitative estimate of drug-likeness (QED) is 0.495. The first-order chi connectivity index (χ1) is 17.0. The highest BCUT2D eigenvalue weighted by molar-refractivity contribution is 5.95. The predicted octanol–water partition coefficient (Wildman–Crippen LogP) is 3.00. The number of carboxylic acids is 1. The van der Waals surface area contributed by atoms with Gasteiger partial charge in [0.1, 0.15) is 18.2 Å². The summed E-state index contributed by atoms with van der Waals surface area (Å²) < 4.78 is 20.2. The molecule has 1 aromatic carbocycles. The monoisotopic (exact) mass is 477 g/mol. The number of halogens is 1. The van der Waals surface area contributed by atoms with Crippen LogP contribution in [0.25, 0.3) is 0 Å². The molecule has 0 aromatic heterocycles. The second kappa shape index (κ2) is 9.72. The second-order valence-electron chi connectivity index (χ2n) is 8.86. The Bertz CT molecular complexity index is 1240.